The average Bonchev–Trinajstić information content (AvgIpc) is 1.43. The minimum absolute atomic E-state index is 0.845. The van der Waals surface area contributed by atoms with Crippen molar-refractivity contribution in [2.75, 3.05) is 0 Å². The van der Waals surface area contributed by atoms with Gasteiger partial charge in [0.1, 0.15) is 0 Å². The molecule has 80 valence electrons. The standard InChI is InChI=1S/C2H12O8Si3/c1-11(3,4)9-13(7,8)10-12(2,5)6/h3-8H,1-2H3. The van der Waals surface area contributed by atoms with E-state index in [1.54, 1.807) is 0 Å². The van der Waals surface area contributed by atoms with Gasteiger partial charge in [-0.25, -0.2) is 0 Å². The summed E-state index contributed by atoms with van der Waals surface area (Å²) in [6.07, 6.45) is 0. The molecule has 0 atom stereocenters. The predicted molar refractivity (Wildman–Crippen MR) is 44.5 cm³/mol. The van der Waals surface area contributed by atoms with Gasteiger partial charge in [0.15, 0.2) is 0 Å². The van der Waals surface area contributed by atoms with Gasteiger partial charge in [-0.1, -0.05) is 0 Å². The van der Waals surface area contributed by atoms with Crippen LogP contribution in [-0.2, 0) is 8.23 Å². The molecule has 11 heteroatoms. The van der Waals surface area contributed by atoms with Crippen LogP contribution >= 0.6 is 0 Å². The summed E-state index contributed by atoms with van der Waals surface area (Å²) in [5.74, 6) is 0. The van der Waals surface area contributed by atoms with E-state index in [0.29, 0.717) is 0 Å². The van der Waals surface area contributed by atoms with Gasteiger partial charge < -0.3 is 37.0 Å². The van der Waals surface area contributed by atoms with Crippen LogP contribution in [0.3, 0.4) is 0 Å². The third-order valence-electron chi connectivity index (χ3n) is 0.653. The van der Waals surface area contributed by atoms with Gasteiger partial charge in [-0.3, -0.25) is 0 Å². The van der Waals surface area contributed by atoms with Crippen LogP contribution in [0.4, 0.5) is 0 Å². The summed E-state index contributed by atoms with van der Waals surface area (Å²) < 4.78 is 7.99. The summed E-state index contributed by atoms with van der Waals surface area (Å²) >= 11 is 0. The maximum atomic E-state index is 8.87. The highest BCUT2D eigenvalue weighted by Crippen LogP contribution is 2.09. The molecule has 13 heavy (non-hydrogen) atoms. The lowest BCUT2D eigenvalue weighted by molar-refractivity contribution is 0.0660. The first kappa shape index (κ1) is 13.3. The largest absolute Gasteiger partial charge is 0.659 e. The molecule has 0 saturated heterocycles. The Labute approximate surface area is 77.5 Å². The minimum atomic E-state index is -4.85. The highest BCUT2D eigenvalue weighted by molar-refractivity contribution is 6.74. The van der Waals surface area contributed by atoms with Crippen molar-refractivity contribution in [3.8, 4) is 0 Å². The molecular formula is C2H12O8Si3. The Morgan fingerprint density at radius 1 is 0.692 bits per heavy atom. The third kappa shape index (κ3) is 8.66. The van der Waals surface area contributed by atoms with Crippen molar-refractivity contribution >= 4 is 26.7 Å². The molecule has 0 aliphatic heterocycles. The van der Waals surface area contributed by atoms with Crippen LogP contribution in [0.1, 0.15) is 0 Å². The molecule has 6 N–H and O–H groups in total. The van der Waals surface area contributed by atoms with Crippen molar-refractivity contribution in [3.05, 3.63) is 0 Å². The van der Waals surface area contributed by atoms with Gasteiger partial charge in [0.25, 0.3) is 0 Å². The number of rotatable bonds is 4. The summed E-state index contributed by atoms with van der Waals surface area (Å²) in [5.41, 5.74) is 0. The Morgan fingerprint density at radius 2 is 0.923 bits per heavy atom. The van der Waals surface area contributed by atoms with E-state index in [9.17, 15) is 0 Å². The Hall–Kier alpha value is 0.331. The van der Waals surface area contributed by atoms with Crippen molar-refractivity contribution in [1.82, 2.24) is 0 Å². The fraction of sp³-hybridized carbons (Fsp3) is 1.00. The fourth-order valence-corrected chi connectivity index (χ4v) is 5.10. The molecule has 0 fully saturated rings. The highest BCUT2D eigenvalue weighted by Gasteiger charge is 2.50. The van der Waals surface area contributed by atoms with Crippen LogP contribution in [-0.4, -0.2) is 55.4 Å². The van der Waals surface area contributed by atoms with Crippen molar-refractivity contribution in [1.29, 1.82) is 0 Å². The quantitative estimate of drug-likeness (QED) is 0.282. The maximum Gasteiger partial charge on any atom is 0.659 e. The second-order valence-corrected chi connectivity index (χ2v) is 9.09. The van der Waals surface area contributed by atoms with Gasteiger partial charge in [0, 0.05) is 13.1 Å². The Balaban J connectivity index is 4.25. The summed E-state index contributed by atoms with van der Waals surface area (Å²) in [6, 6.07) is 0. The van der Waals surface area contributed by atoms with E-state index >= 15 is 0 Å². The lowest BCUT2D eigenvalue weighted by Crippen LogP contribution is -2.59. The molecule has 0 saturated carbocycles. The zero-order chi connectivity index (χ0) is 10.9. The first-order valence-electron chi connectivity index (χ1n) is 3.16. The molecule has 0 spiro atoms. The van der Waals surface area contributed by atoms with E-state index in [2.05, 4.69) is 8.23 Å². The fourth-order valence-electron chi connectivity index (χ4n) is 0.525. The summed E-state index contributed by atoms with van der Waals surface area (Å²) in [7, 11) is -13.2. The molecule has 0 unspecified atom stereocenters. The lowest BCUT2D eigenvalue weighted by Gasteiger charge is -2.25. The van der Waals surface area contributed by atoms with Gasteiger partial charge >= 0.3 is 26.7 Å². The zero-order valence-electron chi connectivity index (χ0n) is 7.00. The van der Waals surface area contributed by atoms with Gasteiger partial charge in [-0.2, -0.15) is 0 Å². The minimum Gasteiger partial charge on any atom is -0.390 e. The van der Waals surface area contributed by atoms with E-state index in [0.717, 1.165) is 13.1 Å². The van der Waals surface area contributed by atoms with Gasteiger partial charge in [0.2, 0.25) is 0 Å². The molecule has 0 aromatic carbocycles. The van der Waals surface area contributed by atoms with E-state index in [1.165, 1.54) is 0 Å². The van der Waals surface area contributed by atoms with E-state index < -0.39 is 26.7 Å². The van der Waals surface area contributed by atoms with Crippen molar-refractivity contribution < 1.29 is 37.0 Å². The van der Waals surface area contributed by atoms with Crippen LogP contribution in [0.5, 0.6) is 0 Å². The van der Waals surface area contributed by atoms with E-state index in [4.69, 9.17) is 28.8 Å². The molecule has 0 aliphatic carbocycles. The second-order valence-electron chi connectivity index (χ2n) is 2.62. The SMILES string of the molecule is C[Si](O)(O)O[Si](O)(O)O[Si](C)(O)O. The predicted octanol–water partition coefficient (Wildman–Crippen LogP) is -3.45. The summed E-state index contributed by atoms with van der Waals surface area (Å²) in [6.45, 7) is 1.69. The zero-order valence-corrected chi connectivity index (χ0v) is 10.00. The Bertz CT molecular complexity index is 149. The molecular weight excluding hydrogens is 236 g/mol. The third-order valence-corrected chi connectivity index (χ3v) is 5.87. The Morgan fingerprint density at radius 3 is 1.08 bits per heavy atom. The van der Waals surface area contributed by atoms with Crippen LogP contribution in [0.2, 0.25) is 13.1 Å². The summed E-state index contributed by atoms with van der Waals surface area (Å²) in [5, 5.41) is 0. The molecule has 0 radical (unpaired) electrons. The van der Waals surface area contributed by atoms with E-state index in [1.807, 2.05) is 0 Å². The van der Waals surface area contributed by atoms with Crippen molar-refractivity contribution in [2.24, 2.45) is 0 Å². The van der Waals surface area contributed by atoms with Crippen LogP contribution < -0.4 is 0 Å². The monoisotopic (exact) mass is 248 g/mol. The topological polar surface area (TPSA) is 140 Å². The molecule has 0 amide bonds. The van der Waals surface area contributed by atoms with Crippen LogP contribution in [0, 0.1) is 0 Å². The first-order chi connectivity index (χ1) is 5.41. The van der Waals surface area contributed by atoms with Crippen molar-refractivity contribution in [2.45, 2.75) is 13.1 Å². The molecule has 0 aromatic rings. The second kappa shape index (κ2) is 3.83. The maximum absolute atomic E-state index is 8.87. The van der Waals surface area contributed by atoms with Gasteiger partial charge in [-0.15, -0.1) is 0 Å². The van der Waals surface area contributed by atoms with Crippen LogP contribution in [0.15, 0.2) is 0 Å². The van der Waals surface area contributed by atoms with Gasteiger partial charge in [-0.05, 0) is 0 Å². The highest BCUT2D eigenvalue weighted by atomic mass is 28.5. The van der Waals surface area contributed by atoms with Gasteiger partial charge in [0.05, 0.1) is 0 Å². The van der Waals surface area contributed by atoms with Crippen LogP contribution in [0.25, 0.3) is 0 Å². The lowest BCUT2D eigenvalue weighted by atomic mass is 11.9. The van der Waals surface area contributed by atoms with Crippen molar-refractivity contribution in [3.63, 3.8) is 0 Å². The Kier molecular flexibility index (Phi) is 3.93. The number of hydrogen-bond acceptors (Lipinski definition) is 8. The smallest absolute Gasteiger partial charge is 0.390 e. The van der Waals surface area contributed by atoms with E-state index in [-0.39, 0.29) is 0 Å². The average molecular weight is 248 g/mol. The normalized spacial score (nSPS) is 14.8. The molecule has 0 rings (SSSR count). The molecule has 0 aliphatic rings. The number of hydrogen-bond donors (Lipinski definition) is 6. The first-order valence-corrected chi connectivity index (χ1v) is 9.47. The molecule has 8 nitrogen and oxygen atoms in total. The molecule has 0 bridgehead atoms. The molecule has 0 heterocycles. The summed E-state index contributed by atoms with van der Waals surface area (Å²) in [4.78, 5) is 52.6. The molecule has 0 aromatic heterocycles.